The number of para-hydroxylation sites is 2. The third kappa shape index (κ3) is 5.20. The molecule has 2 aromatic rings. The number of sulfonamides is 1. The van der Waals surface area contributed by atoms with Crippen LogP contribution in [0.1, 0.15) is 12.0 Å². The van der Waals surface area contributed by atoms with E-state index >= 15 is 0 Å². The van der Waals surface area contributed by atoms with Crippen LogP contribution in [0.2, 0.25) is 0 Å². The quantitative estimate of drug-likeness (QED) is 0.575. The standard InChI is InChI=1S/C20H24N2O4S2/c1-15-7-9-16(10-8-15)27-14-12-21-20(23)19-11-13-22(28(2,24)25)17-5-3-4-6-18(17)26-19/h3-10,19H,11-14H2,1-2H3,(H,21,23)/t19-/m0/s1. The molecule has 1 heterocycles. The van der Waals surface area contributed by atoms with Gasteiger partial charge in [-0.1, -0.05) is 29.8 Å². The van der Waals surface area contributed by atoms with Gasteiger partial charge in [-0.2, -0.15) is 0 Å². The number of carbonyl (C=O) groups is 1. The van der Waals surface area contributed by atoms with Gasteiger partial charge in [-0.15, -0.1) is 11.8 Å². The summed E-state index contributed by atoms with van der Waals surface area (Å²) in [5, 5.41) is 2.89. The molecule has 0 saturated heterocycles. The fraction of sp³-hybridized carbons (Fsp3) is 0.350. The molecular weight excluding hydrogens is 396 g/mol. The number of aryl methyl sites for hydroxylation is 1. The van der Waals surface area contributed by atoms with Crippen LogP contribution < -0.4 is 14.4 Å². The summed E-state index contributed by atoms with van der Waals surface area (Å²) in [7, 11) is -3.45. The minimum Gasteiger partial charge on any atom is -0.478 e. The fourth-order valence-corrected chi connectivity index (χ4v) is 4.66. The molecule has 8 heteroatoms. The van der Waals surface area contributed by atoms with E-state index < -0.39 is 16.1 Å². The predicted octanol–water partition coefficient (Wildman–Crippen LogP) is 2.82. The maximum Gasteiger partial charge on any atom is 0.261 e. The molecule has 6 nitrogen and oxygen atoms in total. The summed E-state index contributed by atoms with van der Waals surface area (Å²) in [6.45, 7) is 2.76. The molecule has 0 unspecified atom stereocenters. The minimum atomic E-state index is -3.45. The average molecular weight is 421 g/mol. The van der Waals surface area contributed by atoms with Crippen molar-refractivity contribution in [2.45, 2.75) is 24.3 Å². The number of benzene rings is 2. The van der Waals surface area contributed by atoms with Crippen LogP contribution >= 0.6 is 11.8 Å². The van der Waals surface area contributed by atoms with E-state index in [0.29, 0.717) is 24.4 Å². The van der Waals surface area contributed by atoms with Crippen molar-refractivity contribution in [3.05, 3.63) is 54.1 Å². The van der Waals surface area contributed by atoms with Crippen LogP contribution in [-0.2, 0) is 14.8 Å². The van der Waals surface area contributed by atoms with Gasteiger partial charge in [0.05, 0.1) is 11.9 Å². The molecule has 0 bridgehead atoms. The largest absolute Gasteiger partial charge is 0.478 e. The van der Waals surface area contributed by atoms with Gasteiger partial charge in [0.25, 0.3) is 5.91 Å². The van der Waals surface area contributed by atoms with Gasteiger partial charge in [-0.25, -0.2) is 8.42 Å². The number of nitrogens with zero attached hydrogens (tertiary/aromatic N) is 1. The van der Waals surface area contributed by atoms with E-state index in [1.807, 2.05) is 6.92 Å². The molecule has 3 rings (SSSR count). The molecule has 1 atom stereocenters. The number of anilines is 1. The van der Waals surface area contributed by atoms with Crippen LogP contribution in [0.3, 0.4) is 0 Å². The van der Waals surface area contributed by atoms with E-state index in [-0.39, 0.29) is 12.5 Å². The minimum absolute atomic E-state index is 0.200. The van der Waals surface area contributed by atoms with Gasteiger partial charge in [-0.05, 0) is 31.2 Å². The first kappa shape index (κ1) is 20.5. The Balaban J connectivity index is 1.58. The molecule has 150 valence electrons. The molecule has 1 aliphatic rings. The zero-order valence-electron chi connectivity index (χ0n) is 15.9. The van der Waals surface area contributed by atoms with Gasteiger partial charge in [0.2, 0.25) is 10.0 Å². The van der Waals surface area contributed by atoms with Crippen LogP contribution in [-0.4, -0.2) is 45.5 Å². The van der Waals surface area contributed by atoms with Crippen LogP contribution in [0.4, 0.5) is 5.69 Å². The number of amides is 1. The summed E-state index contributed by atoms with van der Waals surface area (Å²) in [5.41, 5.74) is 1.68. The van der Waals surface area contributed by atoms with Crippen molar-refractivity contribution in [3.8, 4) is 5.75 Å². The molecule has 1 N–H and O–H groups in total. The Morgan fingerprint density at radius 3 is 2.64 bits per heavy atom. The van der Waals surface area contributed by atoms with Crippen LogP contribution in [0.25, 0.3) is 0 Å². The highest BCUT2D eigenvalue weighted by atomic mass is 32.2. The third-order valence-corrected chi connectivity index (χ3v) is 6.58. The van der Waals surface area contributed by atoms with Crippen LogP contribution in [0.5, 0.6) is 5.75 Å². The predicted molar refractivity (Wildman–Crippen MR) is 113 cm³/mol. The van der Waals surface area contributed by atoms with Crippen molar-refractivity contribution in [3.63, 3.8) is 0 Å². The highest BCUT2D eigenvalue weighted by Crippen LogP contribution is 2.33. The molecule has 2 aromatic carbocycles. The summed E-state index contributed by atoms with van der Waals surface area (Å²) in [5.74, 6) is 0.919. The highest BCUT2D eigenvalue weighted by molar-refractivity contribution is 7.99. The molecule has 0 aromatic heterocycles. The number of carbonyl (C=O) groups excluding carboxylic acids is 1. The molecule has 1 aliphatic heterocycles. The summed E-state index contributed by atoms with van der Waals surface area (Å²) < 4.78 is 31.4. The first-order valence-corrected chi connectivity index (χ1v) is 11.9. The van der Waals surface area contributed by atoms with Crippen molar-refractivity contribution in [2.24, 2.45) is 0 Å². The molecular formula is C20H24N2O4S2. The lowest BCUT2D eigenvalue weighted by molar-refractivity contribution is -0.127. The third-order valence-electron chi connectivity index (χ3n) is 4.38. The molecule has 0 aliphatic carbocycles. The van der Waals surface area contributed by atoms with E-state index in [4.69, 9.17) is 4.74 Å². The number of ether oxygens (including phenoxy) is 1. The van der Waals surface area contributed by atoms with Crippen molar-refractivity contribution in [1.29, 1.82) is 0 Å². The Morgan fingerprint density at radius 2 is 1.93 bits per heavy atom. The maximum atomic E-state index is 12.6. The first-order valence-electron chi connectivity index (χ1n) is 9.05. The van der Waals surface area contributed by atoms with Crippen molar-refractivity contribution in [1.82, 2.24) is 5.32 Å². The van der Waals surface area contributed by atoms with E-state index in [1.165, 1.54) is 9.87 Å². The summed E-state index contributed by atoms with van der Waals surface area (Å²) >= 11 is 1.67. The number of fused-ring (bicyclic) bond motifs is 1. The molecule has 1 amide bonds. The number of nitrogens with one attached hydrogen (secondary N) is 1. The van der Waals surface area contributed by atoms with E-state index in [1.54, 1.807) is 36.0 Å². The smallest absolute Gasteiger partial charge is 0.261 e. The lowest BCUT2D eigenvalue weighted by atomic mass is 10.2. The highest BCUT2D eigenvalue weighted by Gasteiger charge is 2.30. The number of rotatable bonds is 6. The molecule has 28 heavy (non-hydrogen) atoms. The van der Waals surface area contributed by atoms with Gasteiger partial charge in [-0.3, -0.25) is 9.10 Å². The van der Waals surface area contributed by atoms with E-state index in [9.17, 15) is 13.2 Å². The van der Waals surface area contributed by atoms with Crippen molar-refractivity contribution in [2.75, 3.05) is 29.4 Å². The van der Waals surface area contributed by atoms with Gasteiger partial charge in [0.1, 0.15) is 5.75 Å². The van der Waals surface area contributed by atoms with E-state index in [0.717, 1.165) is 16.9 Å². The molecule has 0 fully saturated rings. The fourth-order valence-electron chi connectivity index (χ4n) is 2.95. The van der Waals surface area contributed by atoms with E-state index in [2.05, 4.69) is 29.6 Å². The second kappa shape index (κ2) is 8.87. The Morgan fingerprint density at radius 1 is 1.21 bits per heavy atom. The zero-order valence-corrected chi connectivity index (χ0v) is 17.6. The Kier molecular flexibility index (Phi) is 6.51. The summed E-state index contributed by atoms with van der Waals surface area (Å²) in [4.78, 5) is 13.7. The second-order valence-electron chi connectivity index (χ2n) is 6.65. The van der Waals surface area contributed by atoms with Gasteiger partial charge >= 0.3 is 0 Å². The number of thioether (sulfide) groups is 1. The zero-order chi connectivity index (χ0) is 20.1. The molecule has 0 saturated carbocycles. The van der Waals surface area contributed by atoms with Gasteiger partial charge in [0.15, 0.2) is 6.10 Å². The van der Waals surface area contributed by atoms with Crippen LogP contribution in [0.15, 0.2) is 53.4 Å². The van der Waals surface area contributed by atoms with Crippen LogP contribution in [0, 0.1) is 6.92 Å². The van der Waals surface area contributed by atoms with Crippen molar-refractivity contribution >= 4 is 33.4 Å². The Hall–Kier alpha value is -2.19. The monoisotopic (exact) mass is 420 g/mol. The normalized spacial score (nSPS) is 16.6. The Bertz CT molecular complexity index is 929. The topological polar surface area (TPSA) is 75.7 Å². The maximum absolute atomic E-state index is 12.6. The lowest BCUT2D eigenvalue weighted by Gasteiger charge is -2.20. The molecule has 0 radical (unpaired) electrons. The summed E-state index contributed by atoms with van der Waals surface area (Å²) in [6, 6.07) is 15.1. The van der Waals surface area contributed by atoms with Gasteiger partial charge in [0, 0.05) is 30.2 Å². The first-order chi connectivity index (χ1) is 13.3. The average Bonchev–Trinajstić information content (AvgIpc) is 2.86. The Labute approximate surface area is 170 Å². The summed E-state index contributed by atoms with van der Waals surface area (Å²) in [6.07, 6.45) is 0.725. The second-order valence-corrected chi connectivity index (χ2v) is 9.73. The number of hydrogen-bond acceptors (Lipinski definition) is 5. The lowest BCUT2D eigenvalue weighted by Crippen LogP contribution is -2.40. The number of hydrogen-bond donors (Lipinski definition) is 1. The van der Waals surface area contributed by atoms with Crippen molar-refractivity contribution < 1.29 is 17.9 Å². The molecule has 0 spiro atoms. The van der Waals surface area contributed by atoms with Gasteiger partial charge < -0.3 is 10.1 Å². The SMILES string of the molecule is Cc1ccc(SCCNC(=O)[C@@H]2CCN(S(C)(=O)=O)c3ccccc3O2)cc1.